The predicted molar refractivity (Wildman–Crippen MR) is 80.6 cm³/mol. The summed E-state index contributed by atoms with van der Waals surface area (Å²) in [4.78, 5) is 5.89. The van der Waals surface area contributed by atoms with Crippen molar-refractivity contribution < 1.29 is 27.5 Å². The molecule has 1 fully saturated rings. The summed E-state index contributed by atoms with van der Waals surface area (Å²) in [5.74, 6) is 0.368. The highest BCUT2D eigenvalue weighted by Crippen LogP contribution is 2.35. The van der Waals surface area contributed by atoms with E-state index >= 15 is 0 Å². The third kappa shape index (κ3) is 4.19. The fraction of sp³-hybridized carbons (Fsp3) is 0.467. The third-order valence-corrected chi connectivity index (χ3v) is 4.31. The number of ether oxygens (including phenoxy) is 2. The first-order valence-electron chi connectivity index (χ1n) is 7.19. The lowest BCUT2D eigenvalue weighted by Gasteiger charge is -2.29. The molecule has 0 N–H and O–H groups in total. The number of hydrogen-bond donors (Lipinski definition) is 0. The Bertz CT molecular complexity index is 583. The van der Waals surface area contributed by atoms with E-state index in [1.54, 1.807) is 12.1 Å². The van der Waals surface area contributed by atoms with Gasteiger partial charge in [-0.25, -0.2) is 0 Å². The van der Waals surface area contributed by atoms with Crippen LogP contribution in [0.3, 0.4) is 0 Å². The topological polar surface area (TPSA) is 30.9 Å². The van der Waals surface area contributed by atoms with Gasteiger partial charge in [0.2, 0.25) is 0 Å². The molecular weight excluding hydrogens is 379 g/mol. The van der Waals surface area contributed by atoms with Crippen molar-refractivity contribution in [2.45, 2.75) is 25.2 Å². The highest BCUT2D eigenvalue weighted by Gasteiger charge is 2.32. The number of halogens is 4. The molecule has 2 aliphatic rings. The summed E-state index contributed by atoms with van der Waals surface area (Å²) in [5.41, 5.74) is 0.695. The third-order valence-electron chi connectivity index (χ3n) is 3.70. The zero-order valence-corrected chi connectivity index (χ0v) is 13.7. The Morgan fingerprint density at radius 2 is 1.78 bits per heavy atom. The van der Waals surface area contributed by atoms with Crippen LogP contribution in [0.5, 0.6) is 5.75 Å². The summed E-state index contributed by atoms with van der Waals surface area (Å²) in [6.45, 7) is 2.03. The lowest BCUT2D eigenvalue weighted by Crippen LogP contribution is -2.37. The number of hydrogen-bond acceptors (Lipinski definition) is 4. The summed E-state index contributed by atoms with van der Waals surface area (Å²) in [6.07, 6.45) is -2.90. The van der Waals surface area contributed by atoms with Gasteiger partial charge in [-0.15, -0.1) is 18.2 Å². The van der Waals surface area contributed by atoms with Gasteiger partial charge in [0.1, 0.15) is 5.75 Å². The van der Waals surface area contributed by atoms with Crippen LogP contribution in [-0.4, -0.2) is 37.2 Å². The molecule has 0 saturated carbocycles. The Hall–Kier alpha value is -1.25. The second-order valence-electron chi connectivity index (χ2n) is 5.32. The largest absolute Gasteiger partial charge is 0.573 e. The fourth-order valence-electron chi connectivity index (χ4n) is 2.60. The molecule has 0 radical (unpaired) electrons. The number of nitrogens with zero attached hydrogens (tertiary/aromatic N) is 1. The van der Waals surface area contributed by atoms with Gasteiger partial charge in [-0.2, -0.15) is 0 Å². The zero-order chi connectivity index (χ0) is 16.4. The van der Waals surface area contributed by atoms with Crippen LogP contribution in [-0.2, 0) is 9.57 Å². The highest BCUT2D eigenvalue weighted by molar-refractivity contribution is 9.11. The molecule has 2 heterocycles. The number of benzene rings is 1. The molecule has 0 atom stereocenters. The van der Waals surface area contributed by atoms with Crippen LogP contribution in [0.25, 0.3) is 5.76 Å². The van der Waals surface area contributed by atoms with Crippen LogP contribution in [0.4, 0.5) is 13.2 Å². The van der Waals surface area contributed by atoms with Crippen LogP contribution in [0.1, 0.15) is 18.4 Å². The summed E-state index contributed by atoms with van der Waals surface area (Å²) in [6, 6.07) is 5.92. The van der Waals surface area contributed by atoms with Gasteiger partial charge in [-0.3, -0.25) is 0 Å². The molecule has 1 aromatic carbocycles. The van der Waals surface area contributed by atoms with Crippen molar-refractivity contribution in [1.82, 2.24) is 5.06 Å². The van der Waals surface area contributed by atoms with Gasteiger partial charge in [0.15, 0.2) is 5.76 Å². The Morgan fingerprint density at radius 3 is 2.39 bits per heavy atom. The Labute approximate surface area is 139 Å². The van der Waals surface area contributed by atoms with E-state index in [4.69, 9.17) is 9.57 Å². The van der Waals surface area contributed by atoms with Crippen LogP contribution in [0, 0.1) is 0 Å². The Morgan fingerprint density at radius 1 is 1.13 bits per heavy atom. The molecule has 3 rings (SSSR count). The maximum Gasteiger partial charge on any atom is 0.573 e. The minimum absolute atomic E-state index is 0.253. The minimum atomic E-state index is -4.69. The average Bonchev–Trinajstić information content (AvgIpc) is 2.89. The summed E-state index contributed by atoms with van der Waals surface area (Å²) in [7, 11) is 0. The van der Waals surface area contributed by atoms with E-state index in [1.807, 2.05) is 5.06 Å². The van der Waals surface area contributed by atoms with Crippen molar-refractivity contribution in [2.24, 2.45) is 0 Å². The fourth-order valence-corrected chi connectivity index (χ4v) is 3.15. The minimum Gasteiger partial charge on any atom is -0.406 e. The molecule has 0 aliphatic carbocycles. The maximum atomic E-state index is 12.2. The van der Waals surface area contributed by atoms with Crippen molar-refractivity contribution in [2.75, 3.05) is 19.8 Å². The Balaban J connectivity index is 1.67. The molecule has 2 aliphatic heterocycles. The molecular formula is C15H15BrF3NO3. The maximum absolute atomic E-state index is 12.2. The van der Waals surface area contributed by atoms with Crippen molar-refractivity contribution >= 4 is 21.7 Å². The van der Waals surface area contributed by atoms with Crippen LogP contribution < -0.4 is 4.74 Å². The second-order valence-corrected chi connectivity index (χ2v) is 6.27. The van der Waals surface area contributed by atoms with Crippen molar-refractivity contribution in [3.05, 3.63) is 34.3 Å². The van der Waals surface area contributed by atoms with Gasteiger partial charge in [0.25, 0.3) is 0 Å². The number of hydroxylamine groups is 2. The smallest absolute Gasteiger partial charge is 0.406 e. The van der Waals surface area contributed by atoms with Crippen molar-refractivity contribution in [3.8, 4) is 5.75 Å². The van der Waals surface area contributed by atoms with Gasteiger partial charge < -0.3 is 14.3 Å². The molecule has 23 heavy (non-hydrogen) atoms. The van der Waals surface area contributed by atoms with Gasteiger partial charge in [0, 0.05) is 18.8 Å². The molecule has 0 amide bonds. The summed E-state index contributed by atoms with van der Waals surface area (Å²) < 4.78 is 46.6. The molecule has 0 unspecified atom stereocenters. The van der Waals surface area contributed by atoms with Crippen molar-refractivity contribution in [1.29, 1.82) is 0 Å². The number of rotatable bonds is 3. The monoisotopic (exact) mass is 393 g/mol. The second kappa shape index (κ2) is 6.70. The van der Waals surface area contributed by atoms with E-state index in [2.05, 4.69) is 20.7 Å². The van der Waals surface area contributed by atoms with E-state index in [0.29, 0.717) is 31.1 Å². The first kappa shape index (κ1) is 16.6. The molecule has 1 saturated heterocycles. The van der Waals surface area contributed by atoms with Gasteiger partial charge in [-0.1, -0.05) is 0 Å². The predicted octanol–water partition coefficient (Wildman–Crippen LogP) is 4.07. The van der Waals surface area contributed by atoms with E-state index in [-0.39, 0.29) is 11.8 Å². The van der Waals surface area contributed by atoms with Crippen LogP contribution >= 0.6 is 15.9 Å². The van der Waals surface area contributed by atoms with E-state index < -0.39 is 6.36 Å². The summed E-state index contributed by atoms with van der Waals surface area (Å²) >= 11 is 3.49. The average molecular weight is 394 g/mol. The Kier molecular flexibility index (Phi) is 4.84. The first-order chi connectivity index (χ1) is 10.9. The van der Waals surface area contributed by atoms with Crippen LogP contribution in [0.2, 0.25) is 0 Å². The lowest BCUT2D eigenvalue weighted by atomic mass is 10.1. The highest BCUT2D eigenvalue weighted by atomic mass is 79.9. The quantitative estimate of drug-likeness (QED) is 0.774. The molecule has 8 heteroatoms. The molecule has 0 bridgehead atoms. The molecule has 1 aromatic rings. The summed E-state index contributed by atoms with van der Waals surface area (Å²) in [5, 5.41) is 1.89. The molecule has 0 aromatic heterocycles. The first-order valence-corrected chi connectivity index (χ1v) is 7.99. The van der Waals surface area contributed by atoms with Crippen LogP contribution in [0.15, 0.2) is 28.7 Å². The molecule has 126 valence electrons. The van der Waals surface area contributed by atoms with E-state index in [1.165, 1.54) is 12.1 Å². The van der Waals surface area contributed by atoms with E-state index in [0.717, 1.165) is 17.3 Å². The SMILES string of the molecule is FC(F)(F)Oc1ccc(C2=C(Br)CN(C3CCOCC3)O2)cc1. The zero-order valence-electron chi connectivity index (χ0n) is 12.1. The normalized spacial score (nSPS) is 20.7. The van der Waals surface area contributed by atoms with Gasteiger partial charge in [-0.05, 0) is 53.0 Å². The lowest BCUT2D eigenvalue weighted by molar-refractivity contribution is -0.274. The molecule has 4 nitrogen and oxygen atoms in total. The number of alkyl halides is 3. The van der Waals surface area contributed by atoms with E-state index in [9.17, 15) is 13.2 Å². The standard InChI is InChI=1S/C15H15BrF3NO3/c16-13-9-20(11-5-7-21-8-6-11)23-14(13)10-1-3-12(4-2-10)22-15(17,18)19/h1-4,11H,5-9H2. The van der Waals surface area contributed by atoms with Gasteiger partial charge >= 0.3 is 6.36 Å². The van der Waals surface area contributed by atoms with Crippen molar-refractivity contribution in [3.63, 3.8) is 0 Å². The van der Waals surface area contributed by atoms with Gasteiger partial charge in [0.05, 0.1) is 17.1 Å². The molecule has 0 spiro atoms.